The van der Waals surface area contributed by atoms with Crippen LogP contribution in [0.1, 0.15) is 10.4 Å². The quantitative estimate of drug-likeness (QED) is 0.438. The van der Waals surface area contributed by atoms with Crippen molar-refractivity contribution in [1.82, 2.24) is 5.32 Å². The lowest BCUT2D eigenvalue weighted by Gasteiger charge is -2.12. The van der Waals surface area contributed by atoms with Gasteiger partial charge in [0.2, 0.25) is 5.91 Å². The number of nitro groups is 1. The normalized spacial score (nSPS) is 10.2. The number of nitro benzene ring substituents is 1. The molecule has 0 radical (unpaired) electrons. The average molecular weight is 427 g/mol. The second-order valence-electron chi connectivity index (χ2n) is 5.43. The minimum Gasteiger partial charge on any atom is -0.491 e. The summed E-state index contributed by atoms with van der Waals surface area (Å²) >= 11 is 11.8. The molecular formula is C17H16Cl2N4O5. The maximum Gasteiger partial charge on any atom is 0.271 e. The van der Waals surface area contributed by atoms with Crippen LogP contribution in [0.5, 0.6) is 5.75 Å². The van der Waals surface area contributed by atoms with E-state index in [9.17, 15) is 19.7 Å². The van der Waals surface area contributed by atoms with E-state index in [-0.39, 0.29) is 47.4 Å². The third-order valence-electron chi connectivity index (χ3n) is 3.41. The van der Waals surface area contributed by atoms with Crippen LogP contribution in [0.3, 0.4) is 0 Å². The summed E-state index contributed by atoms with van der Waals surface area (Å²) in [5, 5.41) is 15.9. The van der Waals surface area contributed by atoms with Gasteiger partial charge in [0.15, 0.2) is 0 Å². The topological polar surface area (TPSA) is 137 Å². The number of hydrogen-bond donors (Lipinski definition) is 3. The number of non-ortho nitro benzene ring substituents is 1. The highest BCUT2D eigenvalue weighted by Gasteiger charge is 2.16. The number of rotatable bonds is 8. The number of nitrogens with two attached hydrogens (primary N) is 1. The van der Waals surface area contributed by atoms with Gasteiger partial charge < -0.3 is 21.1 Å². The lowest BCUT2D eigenvalue weighted by atomic mass is 10.2. The highest BCUT2D eigenvalue weighted by Crippen LogP contribution is 2.26. The number of benzene rings is 2. The van der Waals surface area contributed by atoms with Gasteiger partial charge in [-0.15, -0.1) is 0 Å². The summed E-state index contributed by atoms with van der Waals surface area (Å²) in [6.45, 7) is 0.109. The summed E-state index contributed by atoms with van der Waals surface area (Å²) in [5.41, 5.74) is 5.52. The van der Waals surface area contributed by atoms with Gasteiger partial charge in [0.1, 0.15) is 12.4 Å². The third-order valence-corrected chi connectivity index (χ3v) is 3.96. The average Bonchev–Trinajstić information content (AvgIpc) is 2.66. The summed E-state index contributed by atoms with van der Waals surface area (Å²) in [5.74, 6) is -0.860. The molecule has 9 nitrogen and oxygen atoms in total. The van der Waals surface area contributed by atoms with Crippen molar-refractivity contribution in [2.45, 2.75) is 0 Å². The SMILES string of the molecule is NCCOc1ccc(Cl)cc1C(=O)NCC(=O)Nc1ccc([N+](=O)[O-])cc1Cl. The number of amides is 2. The minimum absolute atomic E-state index is 0.00110. The van der Waals surface area contributed by atoms with Gasteiger partial charge in [-0.25, -0.2) is 0 Å². The Kier molecular flexibility index (Phi) is 7.56. The second kappa shape index (κ2) is 9.88. The first-order valence-electron chi connectivity index (χ1n) is 7.96. The molecule has 11 heteroatoms. The van der Waals surface area contributed by atoms with Crippen molar-refractivity contribution in [3.63, 3.8) is 0 Å². The molecule has 0 aliphatic rings. The van der Waals surface area contributed by atoms with E-state index >= 15 is 0 Å². The molecule has 2 aromatic rings. The van der Waals surface area contributed by atoms with E-state index < -0.39 is 16.7 Å². The molecule has 0 atom stereocenters. The van der Waals surface area contributed by atoms with Gasteiger partial charge in [-0.1, -0.05) is 23.2 Å². The van der Waals surface area contributed by atoms with Gasteiger partial charge in [-0.05, 0) is 24.3 Å². The molecule has 0 spiro atoms. The first-order chi connectivity index (χ1) is 13.3. The molecule has 0 aromatic heterocycles. The summed E-state index contributed by atoms with van der Waals surface area (Å²) < 4.78 is 5.39. The Morgan fingerprint density at radius 1 is 1.18 bits per heavy atom. The number of carbonyl (C=O) groups is 2. The fourth-order valence-electron chi connectivity index (χ4n) is 2.14. The molecule has 0 heterocycles. The largest absolute Gasteiger partial charge is 0.491 e. The molecule has 0 saturated heterocycles. The molecule has 148 valence electrons. The molecular weight excluding hydrogens is 411 g/mol. The molecule has 0 fully saturated rings. The highest BCUT2D eigenvalue weighted by molar-refractivity contribution is 6.34. The van der Waals surface area contributed by atoms with Crippen LogP contribution in [0.2, 0.25) is 10.0 Å². The van der Waals surface area contributed by atoms with Crippen molar-refractivity contribution in [2.75, 3.05) is 25.0 Å². The van der Waals surface area contributed by atoms with Gasteiger partial charge in [-0.2, -0.15) is 0 Å². The molecule has 0 aliphatic carbocycles. The van der Waals surface area contributed by atoms with Gasteiger partial charge >= 0.3 is 0 Å². The van der Waals surface area contributed by atoms with Crippen LogP contribution in [-0.4, -0.2) is 36.4 Å². The summed E-state index contributed by atoms with van der Waals surface area (Å²) in [6.07, 6.45) is 0. The maximum atomic E-state index is 12.4. The lowest BCUT2D eigenvalue weighted by molar-refractivity contribution is -0.384. The van der Waals surface area contributed by atoms with Crippen LogP contribution < -0.4 is 21.1 Å². The van der Waals surface area contributed by atoms with Crippen molar-refractivity contribution in [3.8, 4) is 5.75 Å². The number of hydrogen-bond acceptors (Lipinski definition) is 6. The predicted molar refractivity (Wildman–Crippen MR) is 105 cm³/mol. The van der Waals surface area contributed by atoms with Crippen LogP contribution in [0.25, 0.3) is 0 Å². The number of halogens is 2. The van der Waals surface area contributed by atoms with E-state index in [0.29, 0.717) is 5.02 Å². The van der Waals surface area contributed by atoms with E-state index in [1.54, 1.807) is 6.07 Å². The van der Waals surface area contributed by atoms with Crippen molar-refractivity contribution in [1.29, 1.82) is 0 Å². The zero-order valence-corrected chi connectivity index (χ0v) is 15.9. The lowest BCUT2D eigenvalue weighted by Crippen LogP contribution is -2.33. The fraction of sp³-hybridized carbons (Fsp3) is 0.176. The van der Waals surface area contributed by atoms with E-state index in [1.165, 1.54) is 24.3 Å². The van der Waals surface area contributed by atoms with Crippen LogP contribution in [0.4, 0.5) is 11.4 Å². The fourth-order valence-corrected chi connectivity index (χ4v) is 2.54. The number of ether oxygens (including phenoxy) is 1. The zero-order valence-electron chi connectivity index (χ0n) is 14.4. The zero-order chi connectivity index (χ0) is 20.7. The molecule has 0 aliphatic heterocycles. The first kappa shape index (κ1) is 21.4. The van der Waals surface area contributed by atoms with Gasteiger partial charge in [0.05, 0.1) is 27.7 Å². The van der Waals surface area contributed by atoms with Crippen LogP contribution >= 0.6 is 23.2 Å². The number of nitrogens with one attached hydrogen (secondary N) is 2. The van der Waals surface area contributed by atoms with E-state index in [0.717, 1.165) is 6.07 Å². The van der Waals surface area contributed by atoms with E-state index in [2.05, 4.69) is 10.6 Å². The molecule has 2 rings (SSSR count). The van der Waals surface area contributed by atoms with Gasteiger partial charge in [0.25, 0.3) is 11.6 Å². The molecule has 28 heavy (non-hydrogen) atoms. The van der Waals surface area contributed by atoms with Gasteiger partial charge in [-0.3, -0.25) is 19.7 Å². The van der Waals surface area contributed by atoms with Crippen molar-refractivity contribution in [3.05, 3.63) is 62.1 Å². The first-order valence-corrected chi connectivity index (χ1v) is 8.72. The molecule has 4 N–H and O–H groups in total. The Labute approximate surface area is 169 Å². The van der Waals surface area contributed by atoms with Gasteiger partial charge in [0, 0.05) is 23.7 Å². The number of anilines is 1. The Hall–Kier alpha value is -2.88. The number of nitrogens with zero attached hydrogens (tertiary/aromatic N) is 1. The molecule has 0 saturated carbocycles. The Bertz CT molecular complexity index is 907. The third kappa shape index (κ3) is 5.81. The van der Waals surface area contributed by atoms with Crippen molar-refractivity contribution in [2.24, 2.45) is 5.73 Å². The smallest absolute Gasteiger partial charge is 0.271 e. The Balaban J connectivity index is 2.00. The Morgan fingerprint density at radius 2 is 1.93 bits per heavy atom. The molecule has 2 amide bonds. The monoisotopic (exact) mass is 426 g/mol. The van der Waals surface area contributed by atoms with Crippen molar-refractivity contribution >= 4 is 46.4 Å². The Morgan fingerprint density at radius 3 is 2.57 bits per heavy atom. The highest BCUT2D eigenvalue weighted by atomic mass is 35.5. The minimum atomic E-state index is -0.604. The van der Waals surface area contributed by atoms with Crippen LogP contribution in [0, 0.1) is 10.1 Å². The van der Waals surface area contributed by atoms with E-state index in [1.807, 2.05) is 0 Å². The van der Waals surface area contributed by atoms with E-state index in [4.69, 9.17) is 33.7 Å². The molecule has 2 aromatic carbocycles. The summed E-state index contributed by atoms with van der Waals surface area (Å²) in [4.78, 5) is 34.5. The predicted octanol–water partition coefficient (Wildman–Crippen LogP) is 2.61. The maximum absolute atomic E-state index is 12.4. The van der Waals surface area contributed by atoms with Crippen LogP contribution in [0.15, 0.2) is 36.4 Å². The molecule has 0 unspecified atom stereocenters. The standard InChI is InChI=1S/C17H16Cl2N4O5/c18-10-1-4-15(28-6-5-20)12(7-10)17(25)21-9-16(24)22-14-3-2-11(23(26)27)8-13(14)19/h1-4,7-8H,5-6,9,20H2,(H,21,25)(H,22,24). The second-order valence-corrected chi connectivity index (χ2v) is 6.27. The summed E-state index contributed by atoms with van der Waals surface area (Å²) in [6, 6.07) is 8.12. The molecule has 0 bridgehead atoms. The summed E-state index contributed by atoms with van der Waals surface area (Å²) in [7, 11) is 0. The van der Waals surface area contributed by atoms with Crippen molar-refractivity contribution < 1.29 is 19.2 Å². The number of carbonyl (C=O) groups excluding carboxylic acids is 2. The van der Waals surface area contributed by atoms with Crippen LogP contribution in [-0.2, 0) is 4.79 Å².